The van der Waals surface area contributed by atoms with Crippen LogP contribution in [0.25, 0.3) is 0 Å². The van der Waals surface area contributed by atoms with Gasteiger partial charge in [0.25, 0.3) is 0 Å². The molecule has 0 radical (unpaired) electrons. The third kappa shape index (κ3) is 3.88. The number of ether oxygens (including phenoxy) is 1. The summed E-state index contributed by atoms with van der Waals surface area (Å²) in [5.74, 6) is 0.860. The van der Waals surface area contributed by atoms with Crippen LogP contribution in [0.15, 0.2) is 41.8 Å². The molecule has 1 aliphatic rings. The Morgan fingerprint density at radius 3 is 2.92 bits per heavy atom. The van der Waals surface area contributed by atoms with Crippen molar-refractivity contribution >= 4 is 17.4 Å². The van der Waals surface area contributed by atoms with E-state index in [1.807, 2.05) is 44.4 Å². The lowest BCUT2D eigenvalue weighted by molar-refractivity contribution is 0.218. The van der Waals surface area contributed by atoms with Gasteiger partial charge in [-0.3, -0.25) is 0 Å². The number of para-hydroxylation sites is 1. The molecule has 0 saturated carbocycles. The van der Waals surface area contributed by atoms with Crippen molar-refractivity contribution in [2.45, 2.75) is 18.5 Å². The van der Waals surface area contributed by atoms with E-state index in [0.717, 1.165) is 17.7 Å². The molecule has 24 heavy (non-hydrogen) atoms. The number of carbonyl (C=O) groups excluding carboxylic acids is 1. The lowest BCUT2D eigenvalue weighted by atomic mass is 10.0. The number of benzene rings is 1. The van der Waals surface area contributed by atoms with E-state index in [1.165, 1.54) is 4.88 Å². The van der Waals surface area contributed by atoms with Gasteiger partial charge in [-0.1, -0.05) is 24.3 Å². The highest BCUT2D eigenvalue weighted by molar-refractivity contribution is 7.10. The molecule has 0 bridgehead atoms. The Bertz CT molecular complexity index is 673. The van der Waals surface area contributed by atoms with Crippen LogP contribution in [0.5, 0.6) is 5.75 Å². The molecule has 3 rings (SSSR count). The molecule has 128 valence electrons. The largest absolute Gasteiger partial charge is 0.493 e. The summed E-state index contributed by atoms with van der Waals surface area (Å²) in [6.45, 7) is 1.20. The molecule has 2 amide bonds. The molecule has 0 aliphatic carbocycles. The molecular weight excluding hydrogens is 322 g/mol. The van der Waals surface area contributed by atoms with Gasteiger partial charge in [0.15, 0.2) is 0 Å². The summed E-state index contributed by atoms with van der Waals surface area (Å²) in [5.41, 5.74) is 1.04. The van der Waals surface area contributed by atoms with Crippen LogP contribution < -0.4 is 15.4 Å². The molecule has 2 N–H and O–H groups in total. The van der Waals surface area contributed by atoms with Gasteiger partial charge >= 0.3 is 6.03 Å². The average molecular weight is 345 g/mol. The predicted molar refractivity (Wildman–Crippen MR) is 96.6 cm³/mol. The van der Waals surface area contributed by atoms with Gasteiger partial charge in [0.2, 0.25) is 0 Å². The number of urea groups is 1. The number of carbonyl (C=O) groups is 1. The fraction of sp³-hybridized carbons (Fsp3) is 0.389. The zero-order chi connectivity index (χ0) is 16.9. The first kappa shape index (κ1) is 16.8. The summed E-state index contributed by atoms with van der Waals surface area (Å²) in [7, 11) is 4.05. The second-order valence-electron chi connectivity index (χ2n) is 6.08. The number of nitrogens with one attached hydrogen (secondary N) is 2. The van der Waals surface area contributed by atoms with E-state index in [4.69, 9.17) is 4.74 Å². The fourth-order valence-corrected chi connectivity index (χ4v) is 3.83. The van der Waals surface area contributed by atoms with Crippen molar-refractivity contribution in [1.29, 1.82) is 0 Å². The molecule has 1 aromatic heterocycles. The highest BCUT2D eigenvalue weighted by atomic mass is 32.1. The third-order valence-corrected chi connectivity index (χ3v) is 5.19. The highest BCUT2D eigenvalue weighted by Crippen LogP contribution is 2.31. The van der Waals surface area contributed by atoms with Crippen molar-refractivity contribution in [3.8, 4) is 5.75 Å². The minimum Gasteiger partial charge on any atom is -0.493 e. The number of hydrogen-bond acceptors (Lipinski definition) is 4. The van der Waals surface area contributed by atoms with Crippen molar-refractivity contribution < 1.29 is 9.53 Å². The Kier molecular flexibility index (Phi) is 5.37. The minimum atomic E-state index is -0.139. The van der Waals surface area contributed by atoms with Gasteiger partial charge in [-0.15, -0.1) is 11.3 Å². The Morgan fingerprint density at radius 2 is 2.17 bits per heavy atom. The van der Waals surface area contributed by atoms with Gasteiger partial charge in [-0.2, -0.15) is 0 Å². The number of likely N-dealkylation sites (N-methyl/N-ethyl adjacent to an activating group) is 1. The molecular formula is C18H23N3O2S. The topological polar surface area (TPSA) is 53.6 Å². The smallest absolute Gasteiger partial charge is 0.315 e. The summed E-state index contributed by atoms with van der Waals surface area (Å²) >= 11 is 1.71. The van der Waals surface area contributed by atoms with Crippen LogP contribution in [0, 0.1) is 0 Å². The monoisotopic (exact) mass is 345 g/mol. The standard InChI is InChI=1S/C18H23N3O2S/c1-21(2)15(17-8-5-11-24-17)12-19-18(22)20-14-9-10-23-16-7-4-3-6-13(14)16/h3-8,11,14-15H,9-10,12H2,1-2H3,(H2,19,20,22)/t14-,15-/m1/s1. The summed E-state index contributed by atoms with van der Waals surface area (Å²) in [4.78, 5) is 15.7. The second-order valence-corrected chi connectivity index (χ2v) is 7.06. The van der Waals surface area contributed by atoms with Gasteiger partial charge in [-0.25, -0.2) is 4.79 Å². The quantitative estimate of drug-likeness (QED) is 0.875. The van der Waals surface area contributed by atoms with Crippen LogP contribution >= 0.6 is 11.3 Å². The number of thiophene rings is 1. The van der Waals surface area contributed by atoms with E-state index >= 15 is 0 Å². The van der Waals surface area contributed by atoms with Crippen LogP contribution in [0.3, 0.4) is 0 Å². The van der Waals surface area contributed by atoms with Crippen molar-refractivity contribution in [3.63, 3.8) is 0 Å². The number of rotatable bonds is 5. The van der Waals surface area contributed by atoms with Gasteiger partial charge in [0.05, 0.1) is 18.7 Å². The molecule has 1 aromatic carbocycles. The van der Waals surface area contributed by atoms with Crippen LogP contribution in [0.4, 0.5) is 4.79 Å². The molecule has 6 heteroatoms. The first-order chi connectivity index (χ1) is 11.6. The molecule has 2 heterocycles. The van der Waals surface area contributed by atoms with E-state index in [-0.39, 0.29) is 18.1 Å². The lowest BCUT2D eigenvalue weighted by Crippen LogP contribution is -2.42. The third-order valence-electron chi connectivity index (χ3n) is 4.21. The van der Waals surface area contributed by atoms with Crippen LogP contribution in [-0.2, 0) is 0 Å². The Morgan fingerprint density at radius 1 is 1.33 bits per heavy atom. The average Bonchev–Trinajstić information content (AvgIpc) is 3.09. The molecule has 5 nitrogen and oxygen atoms in total. The van der Waals surface area contributed by atoms with Gasteiger partial charge in [0.1, 0.15) is 5.75 Å². The second kappa shape index (κ2) is 7.68. The maximum absolute atomic E-state index is 12.3. The number of hydrogen-bond donors (Lipinski definition) is 2. The van der Waals surface area contributed by atoms with Gasteiger partial charge in [-0.05, 0) is 31.6 Å². The maximum atomic E-state index is 12.3. The molecule has 0 saturated heterocycles. The Labute approximate surface area is 146 Å². The number of fused-ring (bicyclic) bond motifs is 1. The van der Waals surface area contributed by atoms with E-state index in [1.54, 1.807) is 11.3 Å². The first-order valence-electron chi connectivity index (χ1n) is 8.11. The molecule has 2 aromatic rings. The SMILES string of the molecule is CN(C)[C@H](CNC(=O)N[C@@H]1CCOc2ccccc21)c1cccs1. The fourth-order valence-electron chi connectivity index (χ4n) is 2.91. The van der Waals surface area contributed by atoms with E-state index in [9.17, 15) is 4.79 Å². The predicted octanol–water partition coefficient (Wildman–Crippen LogP) is 3.17. The lowest BCUT2D eigenvalue weighted by Gasteiger charge is -2.28. The highest BCUT2D eigenvalue weighted by Gasteiger charge is 2.23. The van der Waals surface area contributed by atoms with Crippen molar-refractivity contribution in [2.75, 3.05) is 27.2 Å². The van der Waals surface area contributed by atoms with Crippen molar-refractivity contribution in [3.05, 3.63) is 52.2 Å². The minimum absolute atomic E-state index is 0.00510. The molecule has 1 aliphatic heterocycles. The Balaban J connectivity index is 1.58. The zero-order valence-corrected chi connectivity index (χ0v) is 14.8. The van der Waals surface area contributed by atoms with Gasteiger partial charge in [0, 0.05) is 23.4 Å². The normalized spacial score (nSPS) is 17.7. The van der Waals surface area contributed by atoms with E-state index < -0.39 is 0 Å². The first-order valence-corrected chi connectivity index (χ1v) is 8.99. The summed E-state index contributed by atoms with van der Waals surface area (Å²) in [6, 6.07) is 12.0. The maximum Gasteiger partial charge on any atom is 0.315 e. The van der Waals surface area contributed by atoms with Crippen molar-refractivity contribution in [2.24, 2.45) is 0 Å². The number of amides is 2. The van der Waals surface area contributed by atoms with Crippen molar-refractivity contribution in [1.82, 2.24) is 15.5 Å². The van der Waals surface area contributed by atoms with E-state index in [2.05, 4.69) is 27.0 Å². The van der Waals surface area contributed by atoms with E-state index in [0.29, 0.717) is 13.2 Å². The number of nitrogens with zero attached hydrogens (tertiary/aromatic N) is 1. The van der Waals surface area contributed by atoms with Crippen LogP contribution in [0.2, 0.25) is 0 Å². The zero-order valence-electron chi connectivity index (χ0n) is 14.0. The van der Waals surface area contributed by atoms with Gasteiger partial charge < -0.3 is 20.3 Å². The molecule has 0 fully saturated rings. The molecule has 0 unspecified atom stereocenters. The molecule has 0 spiro atoms. The summed E-state index contributed by atoms with van der Waals surface area (Å²) in [5, 5.41) is 8.13. The summed E-state index contributed by atoms with van der Waals surface area (Å²) < 4.78 is 5.64. The van der Waals surface area contributed by atoms with Crippen LogP contribution in [0.1, 0.15) is 28.9 Å². The molecule has 2 atom stereocenters. The van der Waals surface area contributed by atoms with Crippen LogP contribution in [-0.4, -0.2) is 38.2 Å². The summed E-state index contributed by atoms with van der Waals surface area (Å²) in [6.07, 6.45) is 0.784. The Hall–Kier alpha value is -2.05.